The number of nitrogens with two attached hydrogens (primary N) is 1. The Bertz CT molecular complexity index is 436. The number of benzene rings is 1. The Morgan fingerprint density at radius 1 is 1.29 bits per heavy atom. The van der Waals surface area contributed by atoms with E-state index in [9.17, 15) is 0 Å². The fourth-order valence-electron chi connectivity index (χ4n) is 1.17. The molecule has 17 heavy (non-hydrogen) atoms. The first-order chi connectivity index (χ1) is 8.17. The van der Waals surface area contributed by atoms with Gasteiger partial charge in [0.15, 0.2) is 0 Å². The van der Waals surface area contributed by atoms with E-state index < -0.39 is 0 Å². The van der Waals surface area contributed by atoms with Crippen LogP contribution in [0, 0.1) is 6.92 Å². The van der Waals surface area contributed by atoms with Crippen LogP contribution in [0.25, 0.3) is 0 Å². The van der Waals surface area contributed by atoms with E-state index in [1.54, 1.807) is 18.0 Å². The molecule has 0 saturated heterocycles. The third-order valence-corrected chi connectivity index (χ3v) is 2.27. The van der Waals surface area contributed by atoms with E-state index in [1.807, 2.05) is 31.3 Å². The van der Waals surface area contributed by atoms with Crippen LogP contribution in [0.1, 0.15) is 11.3 Å². The zero-order chi connectivity index (χ0) is 12.7. The molecule has 0 unspecified atom stereocenters. The van der Waals surface area contributed by atoms with Crippen LogP contribution in [0.4, 0.5) is 0 Å². The first-order valence-electron chi connectivity index (χ1n) is 5.31. The fraction of sp³-hybridized carbons (Fsp3) is 0.333. The topological polar surface area (TPSA) is 66.0 Å². The minimum atomic E-state index is 0.503. The average molecular weight is 234 g/mol. The number of hydrogen-bond acceptors (Lipinski definition) is 4. The van der Waals surface area contributed by atoms with Crippen LogP contribution in [0.5, 0.6) is 5.75 Å². The van der Waals surface area contributed by atoms with Crippen molar-refractivity contribution in [3.63, 3.8) is 0 Å². The molecule has 2 rings (SSSR count). The number of rotatable bonds is 2. The zero-order valence-electron chi connectivity index (χ0n) is 10.4. The van der Waals surface area contributed by atoms with Crippen LogP contribution in [-0.2, 0) is 13.6 Å². The van der Waals surface area contributed by atoms with Crippen molar-refractivity contribution in [2.45, 2.75) is 13.5 Å². The monoisotopic (exact) mass is 234 g/mol. The van der Waals surface area contributed by atoms with Gasteiger partial charge in [-0.2, -0.15) is 0 Å². The average Bonchev–Trinajstić information content (AvgIpc) is 2.76. The van der Waals surface area contributed by atoms with E-state index in [0.29, 0.717) is 6.54 Å². The van der Waals surface area contributed by atoms with Crippen LogP contribution < -0.4 is 10.5 Å². The highest BCUT2D eigenvalue weighted by Gasteiger charge is 1.92. The molecule has 0 atom stereocenters. The molecule has 1 aromatic heterocycles. The van der Waals surface area contributed by atoms with Gasteiger partial charge < -0.3 is 10.5 Å². The Morgan fingerprint density at radius 2 is 1.94 bits per heavy atom. The van der Waals surface area contributed by atoms with Gasteiger partial charge in [0.05, 0.1) is 19.0 Å². The van der Waals surface area contributed by atoms with Crippen molar-refractivity contribution in [2.75, 3.05) is 7.11 Å². The van der Waals surface area contributed by atoms with Crippen molar-refractivity contribution in [1.82, 2.24) is 15.0 Å². The van der Waals surface area contributed by atoms with Crippen LogP contribution in [0.2, 0.25) is 0 Å². The number of nitrogens with zero attached hydrogens (tertiary/aromatic N) is 3. The third kappa shape index (κ3) is 4.24. The van der Waals surface area contributed by atoms with Crippen LogP contribution in [0.15, 0.2) is 30.5 Å². The van der Waals surface area contributed by atoms with Gasteiger partial charge in [-0.05, 0) is 19.1 Å². The summed E-state index contributed by atoms with van der Waals surface area (Å²) < 4.78 is 6.62. The normalized spacial score (nSPS) is 9.41. The summed E-state index contributed by atoms with van der Waals surface area (Å²) in [6.45, 7) is 2.56. The lowest BCUT2D eigenvalue weighted by Gasteiger charge is -1.97. The van der Waals surface area contributed by atoms with Gasteiger partial charge in [0, 0.05) is 13.6 Å². The van der Waals surface area contributed by atoms with E-state index in [1.165, 1.54) is 5.56 Å². The molecule has 5 nitrogen and oxygen atoms in total. The van der Waals surface area contributed by atoms with Gasteiger partial charge in [0.1, 0.15) is 5.75 Å². The quantitative estimate of drug-likeness (QED) is 0.850. The smallest absolute Gasteiger partial charge is 0.118 e. The summed E-state index contributed by atoms with van der Waals surface area (Å²) in [5.41, 5.74) is 7.50. The standard InChI is InChI=1S/C8H10O.C4H8N4/c1-7-3-5-8(9-2)6-4-7;1-8-4(2-5)3-6-7-8/h3-6H,1-2H3;3H,2,5H2,1H3. The SMILES string of the molecule is COc1ccc(C)cc1.Cn1nncc1CN. The van der Waals surface area contributed by atoms with Gasteiger partial charge in [-0.15, -0.1) is 5.10 Å². The van der Waals surface area contributed by atoms with Gasteiger partial charge >= 0.3 is 0 Å². The first-order valence-corrected chi connectivity index (χ1v) is 5.31. The number of aryl methyl sites for hydroxylation is 2. The molecule has 2 aromatic rings. The fourth-order valence-corrected chi connectivity index (χ4v) is 1.17. The summed E-state index contributed by atoms with van der Waals surface area (Å²) in [5, 5.41) is 7.30. The molecule has 0 aliphatic rings. The largest absolute Gasteiger partial charge is 0.497 e. The lowest BCUT2D eigenvalue weighted by molar-refractivity contribution is 0.414. The lowest BCUT2D eigenvalue weighted by atomic mass is 10.2. The minimum absolute atomic E-state index is 0.503. The Labute approximate surface area is 101 Å². The number of ether oxygens (including phenoxy) is 1. The Hall–Kier alpha value is -1.88. The third-order valence-electron chi connectivity index (χ3n) is 2.27. The highest BCUT2D eigenvalue weighted by molar-refractivity contribution is 5.25. The van der Waals surface area contributed by atoms with Crippen molar-refractivity contribution < 1.29 is 4.74 Å². The highest BCUT2D eigenvalue weighted by Crippen LogP contribution is 2.09. The predicted octanol–water partition coefficient (Wildman–Crippen LogP) is 1.28. The molecule has 0 radical (unpaired) electrons. The van der Waals surface area contributed by atoms with E-state index in [2.05, 4.69) is 17.2 Å². The second-order valence-corrected chi connectivity index (χ2v) is 3.57. The van der Waals surface area contributed by atoms with E-state index in [0.717, 1.165) is 11.4 Å². The van der Waals surface area contributed by atoms with Crippen molar-refractivity contribution in [1.29, 1.82) is 0 Å². The summed E-state index contributed by atoms with van der Waals surface area (Å²) in [5.74, 6) is 0.917. The van der Waals surface area contributed by atoms with E-state index in [4.69, 9.17) is 10.5 Å². The molecule has 0 fully saturated rings. The summed E-state index contributed by atoms with van der Waals surface area (Å²) in [4.78, 5) is 0. The molecule has 0 saturated carbocycles. The molecule has 1 heterocycles. The molecule has 0 bridgehead atoms. The minimum Gasteiger partial charge on any atom is -0.497 e. The summed E-state index contributed by atoms with van der Waals surface area (Å²) in [6.07, 6.45) is 1.65. The Kier molecular flexibility index (Phi) is 5.16. The lowest BCUT2D eigenvalue weighted by Crippen LogP contribution is -2.03. The van der Waals surface area contributed by atoms with E-state index >= 15 is 0 Å². The van der Waals surface area contributed by atoms with E-state index in [-0.39, 0.29) is 0 Å². The van der Waals surface area contributed by atoms with Gasteiger partial charge in [-0.25, -0.2) is 0 Å². The van der Waals surface area contributed by atoms with Crippen LogP contribution in [-0.4, -0.2) is 22.1 Å². The second kappa shape index (κ2) is 6.65. The molecule has 0 amide bonds. The van der Waals surface area contributed by atoms with Gasteiger partial charge in [-0.1, -0.05) is 22.9 Å². The number of hydrogen-bond donors (Lipinski definition) is 1. The molecule has 0 aliphatic heterocycles. The molecular weight excluding hydrogens is 216 g/mol. The second-order valence-electron chi connectivity index (χ2n) is 3.57. The molecular formula is C12H18N4O. The van der Waals surface area contributed by atoms with Gasteiger partial charge in [0.2, 0.25) is 0 Å². The molecule has 0 spiro atoms. The zero-order valence-corrected chi connectivity index (χ0v) is 10.4. The summed E-state index contributed by atoms with van der Waals surface area (Å²) in [6, 6.07) is 7.96. The highest BCUT2D eigenvalue weighted by atomic mass is 16.5. The molecule has 0 aliphatic carbocycles. The summed E-state index contributed by atoms with van der Waals surface area (Å²) >= 11 is 0. The van der Waals surface area contributed by atoms with Crippen molar-refractivity contribution in [3.05, 3.63) is 41.7 Å². The maximum atomic E-state index is 5.29. The van der Waals surface area contributed by atoms with Crippen molar-refractivity contribution in [3.8, 4) is 5.75 Å². The van der Waals surface area contributed by atoms with Crippen molar-refractivity contribution in [2.24, 2.45) is 12.8 Å². The number of methoxy groups -OCH3 is 1. The van der Waals surface area contributed by atoms with Crippen LogP contribution in [0.3, 0.4) is 0 Å². The van der Waals surface area contributed by atoms with Gasteiger partial charge in [0.25, 0.3) is 0 Å². The van der Waals surface area contributed by atoms with Crippen molar-refractivity contribution >= 4 is 0 Å². The molecule has 2 N–H and O–H groups in total. The Morgan fingerprint density at radius 3 is 2.29 bits per heavy atom. The molecule has 1 aromatic carbocycles. The van der Waals surface area contributed by atoms with Crippen LogP contribution >= 0.6 is 0 Å². The maximum absolute atomic E-state index is 5.29. The summed E-state index contributed by atoms with van der Waals surface area (Å²) in [7, 11) is 3.49. The maximum Gasteiger partial charge on any atom is 0.118 e. The molecule has 92 valence electrons. The van der Waals surface area contributed by atoms with Gasteiger partial charge in [-0.3, -0.25) is 4.68 Å². The predicted molar refractivity (Wildman–Crippen MR) is 66.6 cm³/mol. The first kappa shape index (κ1) is 13.2. The number of aromatic nitrogens is 3. The molecule has 5 heteroatoms. The Balaban J connectivity index is 0.000000171.